The summed E-state index contributed by atoms with van der Waals surface area (Å²) >= 11 is 0. The van der Waals surface area contributed by atoms with Crippen LogP contribution in [0.3, 0.4) is 0 Å². The molecule has 2 unspecified atom stereocenters. The predicted octanol–water partition coefficient (Wildman–Crippen LogP) is 1.75. The van der Waals surface area contributed by atoms with Gasteiger partial charge >= 0.3 is 0 Å². The van der Waals surface area contributed by atoms with Crippen LogP contribution in [0.5, 0.6) is 0 Å². The molecule has 2 fully saturated rings. The molecule has 1 aromatic carbocycles. The molecule has 0 spiro atoms. The fourth-order valence-corrected chi connectivity index (χ4v) is 3.24. The lowest BCUT2D eigenvalue weighted by atomic mass is 9.99. The van der Waals surface area contributed by atoms with Crippen molar-refractivity contribution < 1.29 is 14.1 Å². The number of piperidine rings is 1. The lowest BCUT2D eigenvalue weighted by molar-refractivity contribution is -0.385. The van der Waals surface area contributed by atoms with E-state index < -0.39 is 16.6 Å². The van der Waals surface area contributed by atoms with Crippen LogP contribution in [0.4, 0.5) is 10.1 Å². The van der Waals surface area contributed by atoms with Gasteiger partial charge < -0.3 is 10.6 Å². The second kappa shape index (κ2) is 5.40. The monoisotopic (exact) mass is 293 g/mol. The molecule has 1 amide bonds. The van der Waals surface area contributed by atoms with E-state index in [1.54, 1.807) is 0 Å². The van der Waals surface area contributed by atoms with E-state index in [1.807, 2.05) is 0 Å². The van der Waals surface area contributed by atoms with Crippen molar-refractivity contribution in [3.05, 3.63) is 39.7 Å². The van der Waals surface area contributed by atoms with Crippen LogP contribution in [0.25, 0.3) is 0 Å². The van der Waals surface area contributed by atoms with Crippen LogP contribution in [-0.4, -0.2) is 29.0 Å². The average molecular weight is 293 g/mol. The summed E-state index contributed by atoms with van der Waals surface area (Å²) in [6.07, 6.45) is 3.92. The number of non-ortho nitro benzene ring substituents is 1. The normalized spacial score (nSPS) is 27.4. The maximum absolute atomic E-state index is 13.8. The Kier molecular flexibility index (Phi) is 3.59. The van der Waals surface area contributed by atoms with Gasteiger partial charge in [-0.1, -0.05) is 0 Å². The SMILES string of the molecule is O=C(NC1CC2CCC(C1)N2)c1ccc([N+](=O)[O-])cc1F. The number of nitrogens with one attached hydrogen (secondary N) is 2. The highest BCUT2D eigenvalue weighted by Crippen LogP contribution is 2.27. The van der Waals surface area contributed by atoms with Crippen molar-refractivity contribution in [2.45, 2.75) is 43.8 Å². The van der Waals surface area contributed by atoms with Gasteiger partial charge in [0.2, 0.25) is 0 Å². The Morgan fingerprint density at radius 2 is 2.00 bits per heavy atom. The third-order valence-corrected chi connectivity index (χ3v) is 4.22. The molecule has 7 heteroatoms. The molecule has 0 radical (unpaired) electrons. The third kappa shape index (κ3) is 2.87. The number of hydrogen-bond donors (Lipinski definition) is 2. The van der Waals surface area contributed by atoms with Crippen molar-refractivity contribution in [2.75, 3.05) is 0 Å². The Morgan fingerprint density at radius 1 is 1.33 bits per heavy atom. The second-order valence-corrected chi connectivity index (χ2v) is 5.70. The molecule has 1 aromatic rings. The highest BCUT2D eigenvalue weighted by Gasteiger charge is 2.34. The number of fused-ring (bicyclic) bond motifs is 2. The first-order chi connectivity index (χ1) is 10.0. The van der Waals surface area contributed by atoms with E-state index in [0.29, 0.717) is 12.1 Å². The largest absolute Gasteiger partial charge is 0.349 e. The number of amides is 1. The molecular formula is C14H16FN3O3. The van der Waals surface area contributed by atoms with Gasteiger partial charge in [0.1, 0.15) is 5.82 Å². The van der Waals surface area contributed by atoms with Crippen LogP contribution in [-0.2, 0) is 0 Å². The zero-order chi connectivity index (χ0) is 15.0. The van der Waals surface area contributed by atoms with E-state index in [0.717, 1.165) is 37.8 Å². The van der Waals surface area contributed by atoms with E-state index in [4.69, 9.17) is 0 Å². The summed E-state index contributed by atoms with van der Waals surface area (Å²) in [6.45, 7) is 0. The molecule has 6 nitrogen and oxygen atoms in total. The van der Waals surface area contributed by atoms with E-state index in [2.05, 4.69) is 10.6 Å². The first-order valence-electron chi connectivity index (χ1n) is 7.04. The van der Waals surface area contributed by atoms with Gasteiger partial charge in [-0.3, -0.25) is 14.9 Å². The Labute approximate surface area is 120 Å². The zero-order valence-electron chi connectivity index (χ0n) is 11.3. The Bertz CT molecular complexity index is 581. The number of carbonyl (C=O) groups excluding carboxylic acids is 1. The molecule has 2 atom stereocenters. The van der Waals surface area contributed by atoms with Crippen LogP contribution in [0.15, 0.2) is 18.2 Å². The van der Waals surface area contributed by atoms with Crippen LogP contribution < -0.4 is 10.6 Å². The standard InChI is InChI=1S/C14H16FN3O3/c15-13-7-11(18(20)21)3-4-12(13)14(19)17-10-5-8-1-2-9(6-10)16-8/h3-4,7-10,16H,1-2,5-6H2,(H,17,19). The van der Waals surface area contributed by atoms with Gasteiger partial charge in [0, 0.05) is 24.2 Å². The summed E-state index contributed by atoms with van der Waals surface area (Å²) in [7, 11) is 0. The summed E-state index contributed by atoms with van der Waals surface area (Å²) in [6, 6.07) is 3.97. The maximum Gasteiger partial charge on any atom is 0.272 e. The van der Waals surface area contributed by atoms with Crippen LogP contribution >= 0.6 is 0 Å². The number of nitro benzene ring substituents is 1. The van der Waals surface area contributed by atoms with E-state index in [9.17, 15) is 19.3 Å². The van der Waals surface area contributed by atoms with Crippen LogP contribution in [0, 0.1) is 15.9 Å². The lowest BCUT2D eigenvalue weighted by Crippen LogP contribution is -2.48. The summed E-state index contributed by atoms with van der Waals surface area (Å²) in [4.78, 5) is 22.0. The summed E-state index contributed by atoms with van der Waals surface area (Å²) in [5.41, 5.74) is -0.504. The van der Waals surface area contributed by atoms with Gasteiger partial charge in [-0.2, -0.15) is 0 Å². The van der Waals surface area contributed by atoms with Gasteiger partial charge in [-0.25, -0.2) is 4.39 Å². The Balaban J connectivity index is 1.69. The van der Waals surface area contributed by atoms with Crippen molar-refractivity contribution in [3.63, 3.8) is 0 Å². The van der Waals surface area contributed by atoms with Crippen molar-refractivity contribution in [2.24, 2.45) is 0 Å². The van der Waals surface area contributed by atoms with Crippen molar-refractivity contribution in [1.29, 1.82) is 0 Å². The predicted molar refractivity (Wildman–Crippen MR) is 73.5 cm³/mol. The smallest absolute Gasteiger partial charge is 0.272 e. The second-order valence-electron chi connectivity index (χ2n) is 5.70. The summed E-state index contributed by atoms with van der Waals surface area (Å²) in [5, 5.41) is 16.9. The first-order valence-corrected chi connectivity index (χ1v) is 7.04. The molecule has 2 aliphatic heterocycles. The first kappa shape index (κ1) is 13.9. The van der Waals surface area contributed by atoms with Crippen LogP contribution in [0.1, 0.15) is 36.0 Å². The molecule has 0 aliphatic carbocycles. The zero-order valence-corrected chi connectivity index (χ0v) is 11.3. The minimum Gasteiger partial charge on any atom is -0.349 e. The van der Waals surface area contributed by atoms with Crippen LogP contribution in [0.2, 0.25) is 0 Å². The van der Waals surface area contributed by atoms with Crippen molar-refractivity contribution >= 4 is 11.6 Å². The van der Waals surface area contributed by atoms with E-state index in [-0.39, 0.29) is 17.3 Å². The molecule has 2 bridgehead atoms. The number of halogens is 1. The average Bonchev–Trinajstić information content (AvgIpc) is 2.77. The van der Waals surface area contributed by atoms with E-state index >= 15 is 0 Å². The molecule has 0 aromatic heterocycles. The molecule has 0 saturated carbocycles. The molecular weight excluding hydrogens is 277 g/mol. The summed E-state index contributed by atoms with van der Waals surface area (Å²) in [5.74, 6) is -1.37. The molecule has 2 saturated heterocycles. The highest BCUT2D eigenvalue weighted by molar-refractivity contribution is 5.94. The number of rotatable bonds is 3. The lowest BCUT2D eigenvalue weighted by Gasteiger charge is -2.29. The third-order valence-electron chi connectivity index (χ3n) is 4.22. The number of nitro groups is 1. The Hall–Kier alpha value is -2.02. The summed E-state index contributed by atoms with van der Waals surface area (Å²) < 4.78 is 13.8. The number of carbonyl (C=O) groups is 1. The fourth-order valence-electron chi connectivity index (χ4n) is 3.24. The molecule has 112 valence electrons. The molecule has 3 rings (SSSR count). The molecule has 2 N–H and O–H groups in total. The number of nitrogens with zero attached hydrogens (tertiary/aromatic N) is 1. The Morgan fingerprint density at radius 3 is 2.57 bits per heavy atom. The van der Waals surface area contributed by atoms with Gasteiger partial charge in [0.05, 0.1) is 16.6 Å². The molecule has 21 heavy (non-hydrogen) atoms. The van der Waals surface area contributed by atoms with Gasteiger partial charge in [0.25, 0.3) is 11.6 Å². The number of benzene rings is 1. The van der Waals surface area contributed by atoms with Gasteiger partial charge in [-0.15, -0.1) is 0 Å². The molecule has 2 aliphatic rings. The van der Waals surface area contributed by atoms with Gasteiger partial charge in [-0.05, 0) is 31.7 Å². The van der Waals surface area contributed by atoms with Crippen molar-refractivity contribution in [3.8, 4) is 0 Å². The fraction of sp³-hybridized carbons (Fsp3) is 0.500. The van der Waals surface area contributed by atoms with Gasteiger partial charge in [0.15, 0.2) is 0 Å². The highest BCUT2D eigenvalue weighted by atomic mass is 19.1. The maximum atomic E-state index is 13.8. The molecule has 2 heterocycles. The van der Waals surface area contributed by atoms with Crippen molar-refractivity contribution in [1.82, 2.24) is 10.6 Å². The number of hydrogen-bond acceptors (Lipinski definition) is 4. The minimum atomic E-state index is -0.862. The quantitative estimate of drug-likeness (QED) is 0.657. The minimum absolute atomic E-state index is 0.0332. The van der Waals surface area contributed by atoms with E-state index in [1.165, 1.54) is 6.07 Å². The topological polar surface area (TPSA) is 84.3 Å².